The maximum Gasteiger partial charge on any atom is 0.260 e. The summed E-state index contributed by atoms with van der Waals surface area (Å²) in [6.07, 6.45) is 0.930. The van der Waals surface area contributed by atoms with Crippen LogP contribution in [0.2, 0.25) is 0 Å². The highest BCUT2D eigenvalue weighted by atomic mass is 16.1. The second kappa shape index (κ2) is 4.26. The first-order valence-electron chi connectivity index (χ1n) is 5.24. The van der Waals surface area contributed by atoms with Crippen molar-refractivity contribution >= 4 is 18.4 Å². The Kier molecular flexibility index (Phi) is 2.81. The second-order valence-electron chi connectivity index (χ2n) is 3.62. The minimum atomic E-state index is -0.162. The van der Waals surface area contributed by atoms with Gasteiger partial charge in [-0.05, 0) is 23.8 Å². The molecule has 0 saturated heterocycles. The molecule has 1 N–H and O–H groups in total. The van der Waals surface area contributed by atoms with Gasteiger partial charge < -0.3 is 0 Å². The molecule has 1 aliphatic rings. The van der Waals surface area contributed by atoms with E-state index < -0.39 is 0 Å². The van der Waals surface area contributed by atoms with Crippen LogP contribution in [0.25, 0.3) is 6.58 Å². The lowest BCUT2D eigenvalue weighted by atomic mass is 10.1. The molecule has 0 spiro atoms. The molecule has 0 bridgehead atoms. The molecule has 0 aromatic heterocycles. The van der Waals surface area contributed by atoms with Crippen LogP contribution >= 0.6 is 0 Å². The predicted octanol–water partition coefficient (Wildman–Crippen LogP) is 0.226. The second-order valence-corrected chi connectivity index (χ2v) is 3.62. The number of carbonyl (C=O) groups is 1. The summed E-state index contributed by atoms with van der Waals surface area (Å²) in [5.74, 6) is 0.238. The van der Waals surface area contributed by atoms with Crippen molar-refractivity contribution < 1.29 is 4.79 Å². The molecule has 1 aromatic rings. The number of carbonyl (C=O) groups excluding carboxylic acids is 1. The fourth-order valence-electron chi connectivity index (χ4n) is 1.47. The molecule has 0 fully saturated rings. The van der Waals surface area contributed by atoms with Crippen LogP contribution in [0.5, 0.6) is 0 Å². The van der Waals surface area contributed by atoms with E-state index in [1.54, 1.807) is 12.1 Å². The van der Waals surface area contributed by atoms with E-state index >= 15 is 0 Å². The van der Waals surface area contributed by atoms with Gasteiger partial charge in [-0.2, -0.15) is 0 Å². The SMILES string of the molecule is C=c1ccc2c(c1)C(=O)NC(=NCCC)N=2. The highest BCUT2D eigenvalue weighted by Gasteiger charge is 2.15. The summed E-state index contributed by atoms with van der Waals surface area (Å²) >= 11 is 0. The number of guanidine groups is 1. The Bertz CT molecular complexity index is 560. The third-order valence-corrected chi connectivity index (χ3v) is 2.24. The minimum absolute atomic E-state index is 0.162. The highest BCUT2D eigenvalue weighted by molar-refractivity contribution is 6.08. The maximum atomic E-state index is 11.7. The first kappa shape index (κ1) is 10.5. The molecule has 1 aromatic carbocycles. The number of aliphatic imine (C=N–C) groups is 1. The van der Waals surface area contributed by atoms with Crippen molar-refractivity contribution in [1.29, 1.82) is 0 Å². The molecule has 0 atom stereocenters. The minimum Gasteiger partial charge on any atom is -0.291 e. The summed E-state index contributed by atoms with van der Waals surface area (Å²) in [6.45, 7) is 6.47. The maximum absolute atomic E-state index is 11.7. The number of hydrogen-bond donors (Lipinski definition) is 1. The molecular formula is C12H13N3O. The number of fused-ring (bicyclic) bond motifs is 1. The van der Waals surface area contributed by atoms with Crippen molar-refractivity contribution in [3.05, 3.63) is 34.3 Å². The van der Waals surface area contributed by atoms with Gasteiger partial charge in [0.2, 0.25) is 5.96 Å². The first-order chi connectivity index (χ1) is 7.70. The molecule has 16 heavy (non-hydrogen) atoms. The standard InChI is InChI=1S/C12H13N3O/c1-3-6-13-12-14-10-5-4-8(2)7-9(10)11(16)15-12/h4-5,7H,2-3,6H2,1H3,(H,13,15,16). The van der Waals surface area contributed by atoms with E-state index in [0.717, 1.165) is 11.6 Å². The zero-order valence-electron chi connectivity index (χ0n) is 9.16. The van der Waals surface area contributed by atoms with E-state index in [4.69, 9.17) is 0 Å². The molecule has 0 unspecified atom stereocenters. The van der Waals surface area contributed by atoms with Crippen molar-refractivity contribution in [2.24, 2.45) is 9.98 Å². The average molecular weight is 215 g/mol. The van der Waals surface area contributed by atoms with E-state index in [9.17, 15) is 4.79 Å². The highest BCUT2D eigenvalue weighted by Crippen LogP contribution is 1.94. The van der Waals surface area contributed by atoms with Crippen molar-refractivity contribution in [2.75, 3.05) is 6.54 Å². The molecule has 0 radical (unpaired) electrons. The third-order valence-electron chi connectivity index (χ3n) is 2.24. The van der Waals surface area contributed by atoms with Crippen molar-refractivity contribution in [1.82, 2.24) is 5.32 Å². The lowest BCUT2D eigenvalue weighted by molar-refractivity contribution is 0.0972. The van der Waals surface area contributed by atoms with Gasteiger partial charge >= 0.3 is 0 Å². The molecule has 0 saturated carbocycles. The van der Waals surface area contributed by atoms with Gasteiger partial charge in [0.15, 0.2) is 0 Å². The molecule has 0 aliphatic carbocycles. The zero-order valence-corrected chi connectivity index (χ0v) is 9.16. The number of benzene rings is 1. The number of amides is 1. The fourth-order valence-corrected chi connectivity index (χ4v) is 1.47. The number of nitrogens with one attached hydrogen (secondary N) is 1. The summed E-state index contributed by atoms with van der Waals surface area (Å²) in [6, 6.07) is 5.35. The molecule has 1 heterocycles. The average Bonchev–Trinajstić information content (AvgIpc) is 2.27. The van der Waals surface area contributed by atoms with Crippen LogP contribution in [0.3, 0.4) is 0 Å². The smallest absolute Gasteiger partial charge is 0.260 e. The van der Waals surface area contributed by atoms with Gasteiger partial charge in [0, 0.05) is 6.54 Å². The van der Waals surface area contributed by atoms with Gasteiger partial charge in [0.1, 0.15) is 0 Å². The fraction of sp³-hybridized carbons (Fsp3) is 0.250. The monoisotopic (exact) mass is 215 g/mol. The van der Waals surface area contributed by atoms with E-state index in [1.807, 2.05) is 13.0 Å². The van der Waals surface area contributed by atoms with Gasteiger partial charge in [-0.3, -0.25) is 15.1 Å². The van der Waals surface area contributed by atoms with Crippen LogP contribution < -0.4 is 15.9 Å². The van der Waals surface area contributed by atoms with Crippen LogP contribution in [0.1, 0.15) is 23.7 Å². The van der Waals surface area contributed by atoms with E-state index in [0.29, 0.717) is 23.4 Å². The molecule has 4 nitrogen and oxygen atoms in total. The van der Waals surface area contributed by atoms with Crippen LogP contribution in [-0.2, 0) is 0 Å². The Morgan fingerprint density at radius 2 is 2.31 bits per heavy atom. The van der Waals surface area contributed by atoms with Crippen molar-refractivity contribution in [2.45, 2.75) is 13.3 Å². The molecule has 4 heteroatoms. The van der Waals surface area contributed by atoms with Gasteiger partial charge in [0.25, 0.3) is 5.91 Å². The Labute approximate surface area is 93.4 Å². The summed E-state index contributed by atoms with van der Waals surface area (Å²) in [5, 5.41) is 4.11. The predicted molar refractivity (Wildman–Crippen MR) is 62.8 cm³/mol. The number of nitrogens with zero attached hydrogens (tertiary/aromatic N) is 2. The molecule has 82 valence electrons. The quantitative estimate of drug-likeness (QED) is 0.754. The normalized spacial score (nSPS) is 16.6. The van der Waals surface area contributed by atoms with Crippen LogP contribution in [0.15, 0.2) is 28.2 Å². The van der Waals surface area contributed by atoms with Gasteiger partial charge in [-0.25, -0.2) is 4.99 Å². The topological polar surface area (TPSA) is 53.8 Å². The Morgan fingerprint density at radius 1 is 1.50 bits per heavy atom. The molecule has 2 rings (SSSR count). The lowest BCUT2D eigenvalue weighted by Crippen LogP contribution is -2.40. The van der Waals surface area contributed by atoms with Gasteiger partial charge in [-0.15, -0.1) is 0 Å². The summed E-state index contributed by atoms with van der Waals surface area (Å²) in [7, 11) is 0. The van der Waals surface area contributed by atoms with Gasteiger partial charge in [0.05, 0.1) is 10.9 Å². The zero-order chi connectivity index (χ0) is 11.5. The largest absolute Gasteiger partial charge is 0.291 e. The Hall–Kier alpha value is -1.97. The van der Waals surface area contributed by atoms with Crippen LogP contribution in [0, 0.1) is 0 Å². The number of hydrogen-bond acceptors (Lipinski definition) is 2. The third kappa shape index (κ3) is 2.00. The Balaban J connectivity index is 2.51. The Morgan fingerprint density at radius 3 is 3.06 bits per heavy atom. The summed E-state index contributed by atoms with van der Waals surface area (Å²) in [5.41, 5.74) is 0.558. The first-order valence-corrected chi connectivity index (χ1v) is 5.24. The number of rotatable bonds is 2. The van der Waals surface area contributed by atoms with Crippen LogP contribution in [0.4, 0.5) is 0 Å². The van der Waals surface area contributed by atoms with Crippen molar-refractivity contribution in [3.8, 4) is 0 Å². The van der Waals surface area contributed by atoms with E-state index in [2.05, 4.69) is 21.9 Å². The van der Waals surface area contributed by atoms with E-state index in [1.165, 1.54) is 0 Å². The lowest BCUT2D eigenvalue weighted by Gasteiger charge is -2.10. The van der Waals surface area contributed by atoms with Gasteiger partial charge in [-0.1, -0.05) is 19.6 Å². The van der Waals surface area contributed by atoms with E-state index in [-0.39, 0.29) is 5.91 Å². The molecule has 1 amide bonds. The van der Waals surface area contributed by atoms with Crippen molar-refractivity contribution in [3.63, 3.8) is 0 Å². The summed E-state index contributed by atoms with van der Waals surface area (Å²) < 4.78 is 0. The molecular weight excluding hydrogens is 202 g/mol. The van der Waals surface area contributed by atoms with Crippen LogP contribution in [-0.4, -0.2) is 18.4 Å². The molecule has 1 aliphatic heterocycles. The summed E-state index contributed by atoms with van der Waals surface area (Å²) in [4.78, 5) is 20.2.